The number of amides is 2. The SMILES string of the molecule is CNC(=O)CNC(=O)c1cnn(-c2ccccc2)c1. The van der Waals surface area contributed by atoms with Crippen LogP contribution in [0.3, 0.4) is 0 Å². The Bertz CT molecular complexity index is 577. The Balaban J connectivity index is 2.05. The Morgan fingerprint density at radius 3 is 2.68 bits per heavy atom. The van der Waals surface area contributed by atoms with E-state index in [1.165, 1.54) is 13.2 Å². The molecule has 0 aliphatic carbocycles. The zero-order chi connectivity index (χ0) is 13.7. The molecule has 1 heterocycles. The van der Waals surface area contributed by atoms with Crippen LogP contribution in [0, 0.1) is 0 Å². The summed E-state index contributed by atoms with van der Waals surface area (Å²) in [4.78, 5) is 22.8. The molecule has 19 heavy (non-hydrogen) atoms. The van der Waals surface area contributed by atoms with Gasteiger partial charge in [-0.1, -0.05) is 18.2 Å². The van der Waals surface area contributed by atoms with Crippen molar-refractivity contribution in [2.75, 3.05) is 13.6 Å². The van der Waals surface area contributed by atoms with E-state index in [0.717, 1.165) is 5.69 Å². The highest BCUT2D eigenvalue weighted by atomic mass is 16.2. The van der Waals surface area contributed by atoms with Crippen molar-refractivity contribution < 1.29 is 9.59 Å². The van der Waals surface area contributed by atoms with Gasteiger partial charge in [-0.05, 0) is 12.1 Å². The van der Waals surface area contributed by atoms with Gasteiger partial charge in [-0.25, -0.2) is 4.68 Å². The summed E-state index contributed by atoms with van der Waals surface area (Å²) in [5, 5.41) is 9.05. The molecule has 2 rings (SSSR count). The second-order valence-electron chi connectivity index (χ2n) is 3.86. The molecule has 0 unspecified atom stereocenters. The summed E-state index contributed by atoms with van der Waals surface area (Å²) in [6.45, 7) is -0.0498. The minimum Gasteiger partial charge on any atom is -0.358 e. The third-order valence-corrected chi connectivity index (χ3v) is 2.55. The molecule has 6 heteroatoms. The van der Waals surface area contributed by atoms with Crippen LogP contribution in [0.1, 0.15) is 10.4 Å². The Morgan fingerprint density at radius 1 is 1.26 bits per heavy atom. The lowest BCUT2D eigenvalue weighted by Gasteiger charge is -2.02. The molecule has 98 valence electrons. The molecule has 6 nitrogen and oxygen atoms in total. The Kier molecular flexibility index (Phi) is 3.92. The first kappa shape index (κ1) is 12.8. The van der Waals surface area contributed by atoms with E-state index in [4.69, 9.17) is 0 Å². The zero-order valence-corrected chi connectivity index (χ0v) is 10.5. The summed E-state index contributed by atoms with van der Waals surface area (Å²) in [7, 11) is 1.52. The number of benzene rings is 1. The molecule has 2 amide bonds. The van der Waals surface area contributed by atoms with E-state index in [1.54, 1.807) is 10.9 Å². The molecule has 0 saturated carbocycles. The van der Waals surface area contributed by atoms with Gasteiger partial charge in [0.15, 0.2) is 0 Å². The molecule has 0 bridgehead atoms. The van der Waals surface area contributed by atoms with E-state index in [2.05, 4.69) is 15.7 Å². The van der Waals surface area contributed by atoms with Gasteiger partial charge < -0.3 is 10.6 Å². The van der Waals surface area contributed by atoms with Crippen molar-refractivity contribution in [1.82, 2.24) is 20.4 Å². The first-order valence-electron chi connectivity index (χ1n) is 5.79. The molecule has 1 aromatic heterocycles. The van der Waals surface area contributed by atoms with Crippen LogP contribution in [0.2, 0.25) is 0 Å². The minimum absolute atomic E-state index is 0.0498. The lowest BCUT2D eigenvalue weighted by molar-refractivity contribution is -0.119. The normalized spacial score (nSPS) is 9.95. The van der Waals surface area contributed by atoms with Gasteiger partial charge in [0.25, 0.3) is 5.91 Å². The Labute approximate surface area is 110 Å². The molecular weight excluding hydrogens is 244 g/mol. The van der Waals surface area contributed by atoms with Crippen LogP contribution in [0.15, 0.2) is 42.7 Å². The predicted octanol–water partition coefficient (Wildman–Crippen LogP) is 0.348. The van der Waals surface area contributed by atoms with Crippen molar-refractivity contribution in [1.29, 1.82) is 0 Å². The molecule has 0 atom stereocenters. The number of nitrogens with zero attached hydrogens (tertiary/aromatic N) is 2. The fourth-order valence-corrected chi connectivity index (χ4v) is 1.51. The first-order chi connectivity index (χ1) is 9.20. The summed E-state index contributed by atoms with van der Waals surface area (Å²) in [5.74, 6) is -0.574. The summed E-state index contributed by atoms with van der Waals surface area (Å²) >= 11 is 0. The zero-order valence-electron chi connectivity index (χ0n) is 10.5. The average Bonchev–Trinajstić information content (AvgIpc) is 2.95. The first-order valence-corrected chi connectivity index (χ1v) is 5.79. The van der Waals surface area contributed by atoms with Gasteiger partial charge in [0.05, 0.1) is 24.0 Å². The van der Waals surface area contributed by atoms with Crippen molar-refractivity contribution in [3.05, 3.63) is 48.3 Å². The monoisotopic (exact) mass is 258 g/mol. The van der Waals surface area contributed by atoms with E-state index < -0.39 is 0 Å². The molecule has 0 aliphatic rings. The van der Waals surface area contributed by atoms with Crippen molar-refractivity contribution in [2.24, 2.45) is 0 Å². The maximum Gasteiger partial charge on any atom is 0.254 e. The third-order valence-electron chi connectivity index (χ3n) is 2.55. The second kappa shape index (κ2) is 5.81. The molecule has 0 fully saturated rings. The second-order valence-corrected chi connectivity index (χ2v) is 3.86. The van der Waals surface area contributed by atoms with Crippen molar-refractivity contribution in [3.63, 3.8) is 0 Å². The van der Waals surface area contributed by atoms with Crippen LogP contribution in [0.25, 0.3) is 5.69 Å². The number of carbonyl (C=O) groups is 2. The largest absolute Gasteiger partial charge is 0.358 e. The van der Waals surface area contributed by atoms with Crippen LogP contribution in [0.4, 0.5) is 0 Å². The van der Waals surface area contributed by atoms with Gasteiger partial charge in [-0.15, -0.1) is 0 Å². The fourth-order valence-electron chi connectivity index (χ4n) is 1.51. The van der Waals surface area contributed by atoms with Crippen LogP contribution < -0.4 is 10.6 Å². The maximum atomic E-state index is 11.8. The molecule has 0 saturated heterocycles. The van der Waals surface area contributed by atoms with Crippen molar-refractivity contribution >= 4 is 11.8 Å². The lowest BCUT2D eigenvalue weighted by atomic mass is 10.3. The van der Waals surface area contributed by atoms with Crippen LogP contribution in [0.5, 0.6) is 0 Å². The van der Waals surface area contributed by atoms with E-state index >= 15 is 0 Å². The number of nitrogens with one attached hydrogen (secondary N) is 2. The predicted molar refractivity (Wildman–Crippen MR) is 70.0 cm³/mol. The minimum atomic E-state index is -0.328. The van der Waals surface area contributed by atoms with Gasteiger partial charge in [0.2, 0.25) is 5.91 Å². The third kappa shape index (κ3) is 3.19. The number of rotatable bonds is 4. The number of carbonyl (C=O) groups excluding carboxylic acids is 2. The molecule has 1 aromatic carbocycles. The van der Waals surface area contributed by atoms with Crippen molar-refractivity contribution in [2.45, 2.75) is 0 Å². The summed E-state index contributed by atoms with van der Waals surface area (Å²) < 4.78 is 1.61. The maximum absolute atomic E-state index is 11.8. The highest BCUT2D eigenvalue weighted by Crippen LogP contribution is 2.07. The number of aromatic nitrogens is 2. The van der Waals surface area contributed by atoms with E-state index in [1.807, 2.05) is 30.3 Å². The van der Waals surface area contributed by atoms with E-state index in [0.29, 0.717) is 5.56 Å². The number of hydrogen-bond acceptors (Lipinski definition) is 3. The number of hydrogen-bond donors (Lipinski definition) is 2. The van der Waals surface area contributed by atoms with Gasteiger partial charge in [0.1, 0.15) is 0 Å². The van der Waals surface area contributed by atoms with Gasteiger partial charge >= 0.3 is 0 Å². The van der Waals surface area contributed by atoms with Crippen LogP contribution in [-0.4, -0.2) is 35.2 Å². The number of para-hydroxylation sites is 1. The quantitative estimate of drug-likeness (QED) is 0.830. The topological polar surface area (TPSA) is 76.0 Å². The molecule has 0 spiro atoms. The summed E-state index contributed by atoms with van der Waals surface area (Å²) in [6, 6.07) is 9.47. The van der Waals surface area contributed by atoms with E-state index in [-0.39, 0.29) is 18.4 Å². The van der Waals surface area contributed by atoms with Gasteiger partial charge in [0, 0.05) is 13.2 Å². The smallest absolute Gasteiger partial charge is 0.254 e. The molecule has 2 N–H and O–H groups in total. The summed E-state index contributed by atoms with van der Waals surface area (Å²) in [6.07, 6.45) is 3.08. The Hall–Kier alpha value is -2.63. The molecular formula is C13H14N4O2. The molecule has 2 aromatic rings. The average molecular weight is 258 g/mol. The van der Waals surface area contributed by atoms with E-state index in [9.17, 15) is 9.59 Å². The highest BCUT2D eigenvalue weighted by Gasteiger charge is 2.10. The summed E-state index contributed by atoms with van der Waals surface area (Å²) in [5.41, 5.74) is 1.28. The Morgan fingerprint density at radius 2 is 2.00 bits per heavy atom. The molecule has 0 aliphatic heterocycles. The number of likely N-dealkylation sites (N-methyl/N-ethyl adjacent to an activating group) is 1. The highest BCUT2D eigenvalue weighted by molar-refractivity contribution is 5.96. The molecule has 0 radical (unpaired) electrons. The van der Waals surface area contributed by atoms with Gasteiger partial charge in [-0.2, -0.15) is 5.10 Å². The van der Waals surface area contributed by atoms with Crippen molar-refractivity contribution in [3.8, 4) is 5.69 Å². The standard InChI is InChI=1S/C13H14N4O2/c1-14-12(18)8-15-13(19)10-7-16-17(9-10)11-5-3-2-4-6-11/h2-7,9H,8H2,1H3,(H,14,18)(H,15,19). The fraction of sp³-hybridized carbons (Fsp3) is 0.154. The lowest BCUT2D eigenvalue weighted by Crippen LogP contribution is -2.35. The van der Waals surface area contributed by atoms with Crippen LogP contribution in [-0.2, 0) is 4.79 Å². The van der Waals surface area contributed by atoms with Gasteiger partial charge in [-0.3, -0.25) is 9.59 Å². The van der Waals surface area contributed by atoms with Crippen LogP contribution >= 0.6 is 0 Å².